The van der Waals surface area contributed by atoms with Crippen molar-refractivity contribution in [3.63, 3.8) is 0 Å². The second kappa shape index (κ2) is 7.08. The summed E-state index contributed by atoms with van der Waals surface area (Å²) in [7, 11) is 2.56. The minimum atomic E-state index is -0.696. The molecule has 0 aliphatic heterocycles. The van der Waals surface area contributed by atoms with E-state index in [0.717, 1.165) is 16.2 Å². The lowest BCUT2D eigenvalue weighted by atomic mass is 10.1. The summed E-state index contributed by atoms with van der Waals surface area (Å²) in [6.07, 6.45) is 1.25. The third-order valence-electron chi connectivity index (χ3n) is 3.52. The van der Waals surface area contributed by atoms with Gasteiger partial charge in [-0.2, -0.15) is 0 Å². The number of pyridine rings is 1. The fourth-order valence-electron chi connectivity index (χ4n) is 2.29. The number of carbonyl (C=O) groups excluding carboxylic acids is 2. The molecule has 0 bridgehead atoms. The molecule has 0 unspecified atom stereocenters. The monoisotopic (exact) mass is 332 g/mol. The molecule has 0 spiro atoms. The number of hydrogen-bond donors (Lipinski definition) is 1. The quantitative estimate of drug-likeness (QED) is 0.861. The lowest BCUT2D eigenvalue weighted by Crippen LogP contribution is -2.32. The van der Waals surface area contributed by atoms with Crippen LogP contribution in [0.3, 0.4) is 0 Å². The summed E-state index contributed by atoms with van der Waals surface area (Å²) in [5, 5.41) is 2.34. The molecular formula is C17H17FN2O4. The minimum absolute atomic E-state index is 0.0313. The second-order valence-corrected chi connectivity index (χ2v) is 5.24. The fraction of sp³-hybridized carbons (Fsp3) is 0.235. The number of carbonyl (C=O) groups is 2. The Kier molecular flexibility index (Phi) is 5.13. The first-order valence-electron chi connectivity index (χ1n) is 7.17. The van der Waals surface area contributed by atoms with Gasteiger partial charge >= 0.3 is 5.97 Å². The van der Waals surface area contributed by atoms with Crippen molar-refractivity contribution in [1.29, 1.82) is 0 Å². The zero-order chi connectivity index (χ0) is 17.9. The predicted molar refractivity (Wildman–Crippen MR) is 85.7 cm³/mol. The predicted octanol–water partition coefficient (Wildman–Crippen LogP) is 1.49. The van der Waals surface area contributed by atoms with Crippen molar-refractivity contribution in [2.24, 2.45) is 0 Å². The number of methoxy groups -OCH3 is 1. The molecule has 1 aromatic carbocycles. The molecule has 7 heteroatoms. The molecule has 24 heavy (non-hydrogen) atoms. The zero-order valence-corrected chi connectivity index (χ0v) is 13.6. The number of rotatable bonds is 4. The first-order chi connectivity index (χ1) is 11.4. The van der Waals surface area contributed by atoms with E-state index in [-0.39, 0.29) is 23.2 Å². The van der Waals surface area contributed by atoms with Crippen LogP contribution in [0.4, 0.5) is 4.39 Å². The van der Waals surface area contributed by atoms with Gasteiger partial charge in [0.05, 0.1) is 19.2 Å². The van der Waals surface area contributed by atoms with Gasteiger partial charge in [-0.3, -0.25) is 9.59 Å². The summed E-state index contributed by atoms with van der Waals surface area (Å²) in [4.78, 5) is 36.1. The highest BCUT2D eigenvalue weighted by molar-refractivity contribution is 5.97. The van der Waals surface area contributed by atoms with Crippen LogP contribution in [-0.4, -0.2) is 30.6 Å². The smallest absolute Gasteiger partial charge is 0.339 e. The average Bonchev–Trinajstić information content (AvgIpc) is 2.58. The Morgan fingerprint density at radius 3 is 2.62 bits per heavy atom. The van der Waals surface area contributed by atoms with Gasteiger partial charge in [-0.1, -0.05) is 17.7 Å². The van der Waals surface area contributed by atoms with Crippen LogP contribution in [0.5, 0.6) is 0 Å². The summed E-state index contributed by atoms with van der Waals surface area (Å²) in [6, 6.07) is 5.68. The standard InChI is InChI=1S/C17H17FN2O4/c1-10-4-5-14(18)11(6-10)8-20-9-12(17(23)24-3)7-13(16(20)22)15(21)19-2/h4-7,9H,8H2,1-3H3,(H,19,21). The highest BCUT2D eigenvalue weighted by Gasteiger charge is 2.17. The Bertz CT molecular complexity index is 858. The van der Waals surface area contributed by atoms with Gasteiger partial charge in [0.25, 0.3) is 11.5 Å². The molecule has 126 valence electrons. The first kappa shape index (κ1) is 17.4. The number of esters is 1. The molecule has 0 saturated heterocycles. The number of nitrogens with zero attached hydrogens (tertiary/aromatic N) is 1. The van der Waals surface area contributed by atoms with Gasteiger partial charge in [0.2, 0.25) is 0 Å². The second-order valence-electron chi connectivity index (χ2n) is 5.24. The van der Waals surface area contributed by atoms with E-state index in [1.54, 1.807) is 19.1 Å². The molecule has 0 saturated carbocycles. The molecule has 1 amide bonds. The van der Waals surface area contributed by atoms with Gasteiger partial charge in [-0.05, 0) is 19.1 Å². The molecular weight excluding hydrogens is 315 g/mol. The minimum Gasteiger partial charge on any atom is -0.465 e. The number of hydrogen-bond acceptors (Lipinski definition) is 4. The van der Waals surface area contributed by atoms with Crippen molar-refractivity contribution in [2.45, 2.75) is 13.5 Å². The van der Waals surface area contributed by atoms with E-state index >= 15 is 0 Å². The topological polar surface area (TPSA) is 77.4 Å². The Labute approximate surface area is 137 Å². The van der Waals surface area contributed by atoms with Crippen LogP contribution >= 0.6 is 0 Å². The summed E-state index contributed by atoms with van der Waals surface area (Å²) in [5.41, 5.74) is 0.303. The fourth-order valence-corrected chi connectivity index (χ4v) is 2.29. The van der Waals surface area contributed by atoms with Crippen molar-refractivity contribution in [3.05, 3.63) is 68.9 Å². The van der Waals surface area contributed by atoms with E-state index in [1.165, 1.54) is 26.4 Å². The Hall–Kier alpha value is -2.96. The lowest BCUT2D eigenvalue weighted by molar-refractivity contribution is 0.0599. The maximum Gasteiger partial charge on any atom is 0.339 e. The molecule has 0 atom stereocenters. The molecule has 2 rings (SSSR count). The van der Waals surface area contributed by atoms with Gasteiger partial charge in [0, 0.05) is 18.8 Å². The summed E-state index contributed by atoms with van der Waals surface area (Å²) < 4.78 is 19.7. The summed E-state index contributed by atoms with van der Waals surface area (Å²) in [5.74, 6) is -1.81. The number of amides is 1. The van der Waals surface area contributed by atoms with Crippen LogP contribution in [0.25, 0.3) is 0 Å². The average molecular weight is 332 g/mol. The highest BCUT2D eigenvalue weighted by Crippen LogP contribution is 2.12. The molecule has 1 N–H and O–H groups in total. The zero-order valence-electron chi connectivity index (χ0n) is 13.6. The van der Waals surface area contributed by atoms with Crippen LogP contribution in [0.15, 0.2) is 35.3 Å². The van der Waals surface area contributed by atoms with Crippen molar-refractivity contribution >= 4 is 11.9 Å². The van der Waals surface area contributed by atoms with Gasteiger partial charge in [0.15, 0.2) is 0 Å². The van der Waals surface area contributed by atoms with E-state index in [2.05, 4.69) is 10.1 Å². The normalized spacial score (nSPS) is 10.3. The number of nitrogens with one attached hydrogen (secondary N) is 1. The number of halogens is 1. The van der Waals surface area contributed by atoms with Crippen LogP contribution in [0, 0.1) is 12.7 Å². The summed E-state index contributed by atoms with van der Waals surface area (Å²) in [6.45, 7) is 1.69. The van der Waals surface area contributed by atoms with Crippen molar-refractivity contribution in [3.8, 4) is 0 Å². The largest absolute Gasteiger partial charge is 0.465 e. The van der Waals surface area contributed by atoms with E-state index in [4.69, 9.17) is 0 Å². The van der Waals surface area contributed by atoms with E-state index in [1.807, 2.05) is 0 Å². The molecule has 2 aromatic rings. The molecule has 6 nitrogen and oxygen atoms in total. The molecule has 0 fully saturated rings. The molecule has 1 heterocycles. The lowest BCUT2D eigenvalue weighted by Gasteiger charge is -2.11. The van der Waals surface area contributed by atoms with Crippen molar-refractivity contribution < 1.29 is 18.7 Å². The summed E-state index contributed by atoms with van der Waals surface area (Å²) >= 11 is 0. The Morgan fingerprint density at radius 2 is 2.00 bits per heavy atom. The first-order valence-corrected chi connectivity index (χ1v) is 7.17. The van der Waals surface area contributed by atoms with Crippen LogP contribution < -0.4 is 10.9 Å². The van der Waals surface area contributed by atoms with Gasteiger partial charge in [-0.25, -0.2) is 9.18 Å². The highest BCUT2D eigenvalue weighted by atomic mass is 19.1. The maximum absolute atomic E-state index is 14.0. The van der Waals surface area contributed by atoms with Crippen molar-refractivity contribution in [1.82, 2.24) is 9.88 Å². The van der Waals surface area contributed by atoms with Crippen LogP contribution in [-0.2, 0) is 11.3 Å². The number of benzene rings is 1. The van der Waals surface area contributed by atoms with Crippen LogP contribution in [0.1, 0.15) is 31.8 Å². The molecule has 0 aliphatic carbocycles. The van der Waals surface area contributed by atoms with Crippen LogP contribution in [0.2, 0.25) is 0 Å². The molecule has 1 aromatic heterocycles. The molecule has 0 radical (unpaired) electrons. The Morgan fingerprint density at radius 1 is 1.29 bits per heavy atom. The van der Waals surface area contributed by atoms with Gasteiger partial charge in [0.1, 0.15) is 11.4 Å². The van der Waals surface area contributed by atoms with Gasteiger partial charge in [-0.15, -0.1) is 0 Å². The SMILES string of the molecule is CNC(=O)c1cc(C(=O)OC)cn(Cc2cc(C)ccc2F)c1=O. The Balaban J connectivity index is 2.59. The van der Waals surface area contributed by atoms with Crippen molar-refractivity contribution in [2.75, 3.05) is 14.2 Å². The number of ether oxygens (including phenoxy) is 1. The number of aromatic nitrogens is 1. The van der Waals surface area contributed by atoms with E-state index in [0.29, 0.717) is 0 Å². The van der Waals surface area contributed by atoms with Gasteiger partial charge < -0.3 is 14.6 Å². The van der Waals surface area contributed by atoms with E-state index in [9.17, 15) is 18.8 Å². The molecule has 0 aliphatic rings. The number of aryl methyl sites for hydroxylation is 1. The third kappa shape index (κ3) is 3.51. The van der Waals surface area contributed by atoms with E-state index < -0.39 is 23.3 Å². The maximum atomic E-state index is 14.0. The third-order valence-corrected chi connectivity index (χ3v) is 3.52.